The van der Waals surface area contributed by atoms with Gasteiger partial charge in [0.2, 0.25) is 0 Å². The Hall–Kier alpha value is -1.47. The molecule has 2 rings (SSSR count). The van der Waals surface area contributed by atoms with Crippen LogP contribution in [0.3, 0.4) is 0 Å². The van der Waals surface area contributed by atoms with E-state index in [1.54, 1.807) is 6.92 Å². The minimum absolute atomic E-state index is 0.0412. The minimum atomic E-state index is -1.04. The highest BCUT2D eigenvalue weighted by atomic mass is 32.1. The van der Waals surface area contributed by atoms with Crippen molar-refractivity contribution in [1.29, 1.82) is 0 Å². The Morgan fingerprint density at radius 2 is 2.32 bits per heavy atom. The number of rotatable bonds is 3. The summed E-state index contributed by atoms with van der Waals surface area (Å²) in [5, 5.41) is 10.0. The smallest absolute Gasteiger partial charge is 0.328 e. The van der Waals surface area contributed by atoms with Crippen LogP contribution in [0, 0.1) is 6.92 Å². The quantitative estimate of drug-likeness (QED) is 0.893. The van der Waals surface area contributed by atoms with E-state index in [0.29, 0.717) is 23.7 Å². The molecule has 1 aliphatic heterocycles. The predicted molar refractivity (Wildman–Crippen MR) is 69.5 cm³/mol. The SMILES string of the molecule is CCc1nc(C)c(C(=O)N2CCOCC2C(=O)O)s1. The average Bonchev–Trinajstić information content (AvgIpc) is 2.79. The van der Waals surface area contributed by atoms with E-state index in [0.717, 1.165) is 11.4 Å². The number of nitrogens with zero attached hydrogens (tertiary/aromatic N) is 2. The molecule has 1 N–H and O–H groups in total. The molecular formula is C12H16N2O4S. The van der Waals surface area contributed by atoms with Crippen molar-refractivity contribution >= 4 is 23.2 Å². The summed E-state index contributed by atoms with van der Waals surface area (Å²) in [5.74, 6) is -1.30. The summed E-state index contributed by atoms with van der Waals surface area (Å²) in [6.45, 7) is 4.46. The average molecular weight is 284 g/mol. The number of aromatic nitrogens is 1. The van der Waals surface area contributed by atoms with Crippen molar-refractivity contribution < 1.29 is 19.4 Å². The van der Waals surface area contributed by atoms with E-state index in [2.05, 4.69) is 4.98 Å². The van der Waals surface area contributed by atoms with E-state index >= 15 is 0 Å². The molecule has 0 saturated carbocycles. The maximum Gasteiger partial charge on any atom is 0.328 e. The molecule has 0 bridgehead atoms. The Balaban J connectivity index is 2.25. The van der Waals surface area contributed by atoms with Crippen LogP contribution in [0.5, 0.6) is 0 Å². The monoisotopic (exact) mass is 284 g/mol. The lowest BCUT2D eigenvalue weighted by atomic mass is 10.2. The zero-order chi connectivity index (χ0) is 14.0. The van der Waals surface area contributed by atoms with Crippen molar-refractivity contribution in [3.05, 3.63) is 15.6 Å². The summed E-state index contributed by atoms with van der Waals surface area (Å²) < 4.78 is 5.13. The van der Waals surface area contributed by atoms with Crippen molar-refractivity contribution in [1.82, 2.24) is 9.88 Å². The number of hydrogen-bond acceptors (Lipinski definition) is 5. The molecule has 1 saturated heterocycles. The molecule has 1 aliphatic rings. The second kappa shape index (κ2) is 5.66. The summed E-state index contributed by atoms with van der Waals surface area (Å²) in [6, 6.07) is -0.909. The lowest BCUT2D eigenvalue weighted by Crippen LogP contribution is -2.52. The molecule has 1 aromatic rings. The summed E-state index contributed by atoms with van der Waals surface area (Å²) in [4.78, 5) is 29.8. The highest BCUT2D eigenvalue weighted by Gasteiger charge is 2.34. The van der Waals surface area contributed by atoms with E-state index in [9.17, 15) is 9.59 Å². The first kappa shape index (κ1) is 14.0. The molecule has 2 heterocycles. The van der Waals surface area contributed by atoms with E-state index in [1.807, 2.05) is 6.92 Å². The summed E-state index contributed by atoms with van der Waals surface area (Å²) in [5.41, 5.74) is 0.669. The molecule has 1 amide bonds. The van der Waals surface area contributed by atoms with Gasteiger partial charge in [0.25, 0.3) is 5.91 Å². The van der Waals surface area contributed by atoms with Gasteiger partial charge in [-0.2, -0.15) is 0 Å². The van der Waals surface area contributed by atoms with Gasteiger partial charge in [0.1, 0.15) is 4.88 Å². The molecule has 19 heavy (non-hydrogen) atoms. The number of carboxylic acids is 1. The van der Waals surface area contributed by atoms with Crippen LogP contribution in [0.15, 0.2) is 0 Å². The zero-order valence-corrected chi connectivity index (χ0v) is 11.7. The van der Waals surface area contributed by atoms with Crippen molar-refractivity contribution in [2.75, 3.05) is 19.8 Å². The standard InChI is InChI=1S/C12H16N2O4S/c1-3-9-13-7(2)10(19-9)11(15)14-4-5-18-6-8(14)12(16)17/h8H,3-6H2,1-2H3,(H,16,17). The molecule has 0 aromatic carbocycles. The molecule has 1 aromatic heterocycles. The number of morpholine rings is 1. The Morgan fingerprint density at radius 3 is 2.89 bits per heavy atom. The van der Waals surface area contributed by atoms with Crippen LogP contribution in [0.25, 0.3) is 0 Å². The molecule has 104 valence electrons. The van der Waals surface area contributed by atoms with E-state index < -0.39 is 12.0 Å². The fourth-order valence-corrected chi connectivity index (χ4v) is 2.94. The minimum Gasteiger partial charge on any atom is -0.480 e. The molecule has 0 aliphatic carbocycles. The van der Waals surface area contributed by atoms with Gasteiger partial charge in [-0.05, 0) is 13.3 Å². The molecule has 1 unspecified atom stereocenters. The van der Waals surface area contributed by atoms with Gasteiger partial charge in [-0.15, -0.1) is 11.3 Å². The Morgan fingerprint density at radius 1 is 1.58 bits per heavy atom. The molecule has 0 spiro atoms. The predicted octanol–water partition coefficient (Wildman–Crippen LogP) is 0.940. The van der Waals surface area contributed by atoms with Gasteiger partial charge in [0.15, 0.2) is 6.04 Å². The topological polar surface area (TPSA) is 79.7 Å². The van der Waals surface area contributed by atoms with Gasteiger partial charge in [-0.3, -0.25) is 4.79 Å². The third-order valence-corrected chi connectivity index (χ3v) is 4.30. The number of carboxylic acid groups (broad SMARTS) is 1. The highest BCUT2D eigenvalue weighted by molar-refractivity contribution is 7.13. The van der Waals surface area contributed by atoms with Gasteiger partial charge in [-0.1, -0.05) is 6.92 Å². The lowest BCUT2D eigenvalue weighted by Gasteiger charge is -2.32. The van der Waals surface area contributed by atoms with Crippen LogP contribution in [0.1, 0.15) is 27.3 Å². The summed E-state index contributed by atoms with van der Waals surface area (Å²) >= 11 is 1.34. The Bertz CT molecular complexity index is 500. The fraction of sp³-hybridized carbons (Fsp3) is 0.583. The first-order valence-corrected chi connectivity index (χ1v) is 6.94. The maximum atomic E-state index is 12.4. The number of aliphatic carboxylic acids is 1. The van der Waals surface area contributed by atoms with E-state index in [-0.39, 0.29) is 12.5 Å². The highest BCUT2D eigenvalue weighted by Crippen LogP contribution is 2.22. The van der Waals surface area contributed by atoms with Crippen LogP contribution in [-0.2, 0) is 16.0 Å². The number of aryl methyl sites for hydroxylation is 2. The second-order valence-electron chi connectivity index (χ2n) is 4.30. The van der Waals surface area contributed by atoms with Gasteiger partial charge >= 0.3 is 5.97 Å². The van der Waals surface area contributed by atoms with Gasteiger partial charge in [0, 0.05) is 6.54 Å². The van der Waals surface area contributed by atoms with E-state index in [1.165, 1.54) is 16.2 Å². The van der Waals surface area contributed by atoms with Crippen LogP contribution >= 0.6 is 11.3 Å². The molecular weight excluding hydrogens is 268 g/mol. The first-order chi connectivity index (χ1) is 9.04. The Kier molecular flexibility index (Phi) is 4.16. The third-order valence-electron chi connectivity index (χ3n) is 3.01. The number of carbonyl (C=O) groups excluding carboxylic acids is 1. The largest absolute Gasteiger partial charge is 0.480 e. The van der Waals surface area contributed by atoms with Crippen LogP contribution in [-0.4, -0.2) is 52.7 Å². The van der Waals surface area contributed by atoms with Crippen LogP contribution < -0.4 is 0 Å². The normalized spacial score (nSPS) is 19.5. The van der Waals surface area contributed by atoms with Crippen LogP contribution in [0.2, 0.25) is 0 Å². The molecule has 1 fully saturated rings. The van der Waals surface area contributed by atoms with Crippen molar-refractivity contribution in [3.63, 3.8) is 0 Å². The number of ether oxygens (including phenoxy) is 1. The zero-order valence-electron chi connectivity index (χ0n) is 10.9. The molecule has 7 heteroatoms. The number of carbonyl (C=O) groups is 2. The lowest BCUT2D eigenvalue weighted by molar-refractivity contribution is -0.147. The van der Waals surface area contributed by atoms with Crippen molar-refractivity contribution in [3.8, 4) is 0 Å². The first-order valence-electron chi connectivity index (χ1n) is 6.12. The number of amides is 1. The number of thiazole rings is 1. The van der Waals surface area contributed by atoms with Crippen molar-refractivity contribution in [2.24, 2.45) is 0 Å². The molecule has 1 atom stereocenters. The molecule has 6 nitrogen and oxygen atoms in total. The number of hydrogen-bond donors (Lipinski definition) is 1. The van der Waals surface area contributed by atoms with Crippen molar-refractivity contribution in [2.45, 2.75) is 26.3 Å². The summed E-state index contributed by atoms with van der Waals surface area (Å²) in [6.07, 6.45) is 0.768. The summed E-state index contributed by atoms with van der Waals surface area (Å²) in [7, 11) is 0. The van der Waals surface area contributed by atoms with Gasteiger partial charge in [0.05, 0.1) is 23.9 Å². The van der Waals surface area contributed by atoms with E-state index in [4.69, 9.17) is 9.84 Å². The van der Waals surface area contributed by atoms with Crippen LogP contribution in [0.4, 0.5) is 0 Å². The van der Waals surface area contributed by atoms with Gasteiger partial charge < -0.3 is 14.7 Å². The maximum absolute atomic E-state index is 12.4. The fourth-order valence-electron chi connectivity index (χ4n) is 1.98. The Labute approximate surface area is 115 Å². The third kappa shape index (κ3) is 2.76. The van der Waals surface area contributed by atoms with Gasteiger partial charge in [-0.25, -0.2) is 9.78 Å². The second-order valence-corrected chi connectivity index (χ2v) is 5.39. The molecule has 0 radical (unpaired) electrons.